The number of ether oxygens (including phenoxy) is 1. The standard InChI is InChI=1S/C12H17N3O4/c1-8(13)5-12(16)14-7-9-3-4-11(19-2)10(6-9)15(17)18/h3-4,6,8H,5,7,13H2,1-2H3,(H,14,16). The van der Waals surface area contributed by atoms with E-state index in [1.807, 2.05) is 0 Å². The molecule has 0 aliphatic heterocycles. The molecule has 0 spiro atoms. The molecule has 0 aliphatic rings. The molecule has 104 valence electrons. The molecule has 0 saturated carbocycles. The number of nitrogens with two attached hydrogens (primary N) is 1. The van der Waals surface area contributed by atoms with Gasteiger partial charge < -0.3 is 15.8 Å². The van der Waals surface area contributed by atoms with E-state index < -0.39 is 4.92 Å². The molecule has 3 N–H and O–H groups in total. The minimum atomic E-state index is -0.522. The third-order valence-electron chi connectivity index (χ3n) is 2.44. The number of hydrogen-bond acceptors (Lipinski definition) is 5. The first-order chi connectivity index (χ1) is 8.93. The highest BCUT2D eigenvalue weighted by atomic mass is 16.6. The fraction of sp³-hybridized carbons (Fsp3) is 0.417. The van der Waals surface area contributed by atoms with Crippen LogP contribution in [0.3, 0.4) is 0 Å². The molecule has 1 rings (SSSR count). The Kier molecular flexibility index (Phi) is 5.25. The van der Waals surface area contributed by atoms with Gasteiger partial charge in [0.15, 0.2) is 5.75 Å². The van der Waals surface area contributed by atoms with Crippen molar-refractivity contribution in [2.24, 2.45) is 5.73 Å². The maximum absolute atomic E-state index is 11.4. The SMILES string of the molecule is COc1ccc(CNC(=O)CC(C)N)cc1[N+](=O)[O-]. The van der Waals surface area contributed by atoms with Crippen molar-refractivity contribution in [3.05, 3.63) is 33.9 Å². The fourth-order valence-corrected chi connectivity index (χ4v) is 1.55. The highest BCUT2D eigenvalue weighted by Gasteiger charge is 2.15. The molecule has 0 aliphatic carbocycles. The van der Waals surface area contributed by atoms with Crippen molar-refractivity contribution in [1.82, 2.24) is 5.32 Å². The maximum atomic E-state index is 11.4. The molecule has 0 saturated heterocycles. The fourth-order valence-electron chi connectivity index (χ4n) is 1.55. The minimum absolute atomic E-state index is 0.124. The van der Waals surface area contributed by atoms with Crippen molar-refractivity contribution in [1.29, 1.82) is 0 Å². The number of benzene rings is 1. The Balaban J connectivity index is 2.72. The Morgan fingerprint density at radius 3 is 2.79 bits per heavy atom. The van der Waals surface area contributed by atoms with Crippen LogP contribution in [-0.4, -0.2) is 24.0 Å². The summed E-state index contributed by atoms with van der Waals surface area (Å²) in [4.78, 5) is 21.7. The normalized spacial score (nSPS) is 11.7. The summed E-state index contributed by atoms with van der Waals surface area (Å²) in [5, 5.41) is 13.5. The van der Waals surface area contributed by atoms with Gasteiger partial charge >= 0.3 is 5.69 Å². The van der Waals surface area contributed by atoms with E-state index in [9.17, 15) is 14.9 Å². The van der Waals surface area contributed by atoms with E-state index in [4.69, 9.17) is 10.5 Å². The first-order valence-corrected chi connectivity index (χ1v) is 5.77. The Bertz CT molecular complexity index is 474. The van der Waals surface area contributed by atoms with Crippen LogP contribution < -0.4 is 15.8 Å². The lowest BCUT2D eigenvalue weighted by Gasteiger charge is -2.08. The molecular formula is C12H17N3O4. The Labute approximate surface area is 110 Å². The van der Waals surface area contributed by atoms with Gasteiger partial charge in [-0.25, -0.2) is 0 Å². The minimum Gasteiger partial charge on any atom is -0.490 e. The lowest BCUT2D eigenvalue weighted by atomic mass is 10.1. The van der Waals surface area contributed by atoms with Crippen molar-refractivity contribution < 1.29 is 14.5 Å². The molecule has 0 fully saturated rings. The number of amides is 1. The van der Waals surface area contributed by atoms with Gasteiger partial charge in [0.05, 0.1) is 12.0 Å². The van der Waals surface area contributed by atoms with Crippen LogP contribution in [0.15, 0.2) is 18.2 Å². The molecule has 0 radical (unpaired) electrons. The van der Waals surface area contributed by atoms with E-state index in [2.05, 4.69) is 5.32 Å². The molecular weight excluding hydrogens is 250 g/mol. The number of nitro benzene ring substituents is 1. The zero-order valence-corrected chi connectivity index (χ0v) is 10.9. The molecule has 0 heterocycles. The molecule has 19 heavy (non-hydrogen) atoms. The lowest BCUT2D eigenvalue weighted by Crippen LogP contribution is -2.29. The van der Waals surface area contributed by atoms with Crippen LogP contribution >= 0.6 is 0 Å². The second-order valence-corrected chi connectivity index (χ2v) is 4.22. The van der Waals surface area contributed by atoms with Crippen LogP contribution in [0.1, 0.15) is 18.9 Å². The quantitative estimate of drug-likeness (QED) is 0.589. The molecule has 1 atom stereocenters. The van der Waals surface area contributed by atoms with Gasteiger partial charge in [-0.15, -0.1) is 0 Å². The predicted octanol–water partition coefficient (Wildman–Crippen LogP) is 0.957. The monoisotopic (exact) mass is 267 g/mol. The zero-order chi connectivity index (χ0) is 14.4. The van der Waals surface area contributed by atoms with Gasteiger partial charge in [0.2, 0.25) is 5.91 Å². The average Bonchev–Trinajstić information content (AvgIpc) is 2.35. The number of nitrogens with zero attached hydrogens (tertiary/aromatic N) is 1. The summed E-state index contributed by atoms with van der Waals surface area (Å²) in [6.45, 7) is 1.95. The number of carbonyl (C=O) groups is 1. The van der Waals surface area contributed by atoms with E-state index in [1.54, 1.807) is 13.0 Å². The largest absolute Gasteiger partial charge is 0.490 e. The lowest BCUT2D eigenvalue weighted by molar-refractivity contribution is -0.385. The smallest absolute Gasteiger partial charge is 0.311 e. The van der Waals surface area contributed by atoms with Crippen molar-refractivity contribution >= 4 is 11.6 Å². The van der Waals surface area contributed by atoms with E-state index in [1.165, 1.54) is 19.2 Å². The third kappa shape index (κ3) is 4.55. The molecule has 0 bridgehead atoms. The second kappa shape index (κ2) is 6.69. The van der Waals surface area contributed by atoms with Gasteiger partial charge in [0.1, 0.15) is 0 Å². The summed E-state index contributed by atoms with van der Waals surface area (Å²) in [6, 6.07) is 4.33. The summed E-state index contributed by atoms with van der Waals surface area (Å²) in [6.07, 6.45) is 0.220. The van der Waals surface area contributed by atoms with Gasteiger partial charge in [-0.1, -0.05) is 6.07 Å². The molecule has 0 aromatic heterocycles. The van der Waals surface area contributed by atoms with Crippen LogP contribution in [0.4, 0.5) is 5.69 Å². The summed E-state index contributed by atoms with van der Waals surface area (Å²) >= 11 is 0. The number of hydrogen-bond donors (Lipinski definition) is 2. The van der Waals surface area contributed by atoms with Crippen molar-refractivity contribution in [2.75, 3.05) is 7.11 Å². The van der Waals surface area contributed by atoms with Gasteiger partial charge in [-0.3, -0.25) is 14.9 Å². The van der Waals surface area contributed by atoms with Crippen molar-refractivity contribution in [3.63, 3.8) is 0 Å². The predicted molar refractivity (Wildman–Crippen MR) is 69.8 cm³/mol. The van der Waals surface area contributed by atoms with Gasteiger partial charge in [-0.2, -0.15) is 0 Å². The molecule has 1 amide bonds. The number of nitrogens with one attached hydrogen (secondary N) is 1. The van der Waals surface area contributed by atoms with Gasteiger partial charge in [-0.05, 0) is 18.6 Å². The van der Waals surface area contributed by atoms with Gasteiger partial charge in [0, 0.05) is 25.1 Å². The summed E-state index contributed by atoms with van der Waals surface area (Å²) < 4.78 is 4.89. The van der Waals surface area contributed by atoms with E-state index in [0.29, 0.717) is 5.56 Å². The highest BCUT2D eigenvalue weighted by Crippen LogP contribution is 2.27. The Hall–Kier alpha value is -2.15. The van der Waals surface area contributed by atoms with Crippen molar-refractivity contribution in [3.8, 4) is 5.75 Å². The molecule has 7 heteroatoms. The van der Waals surface area contributed by atoms with Crippen molar-refractivity contribution in [2.45, 2.75) is 25.9 Å². The Morgan fingerprint density at radius 1 is 1.58 bits per heavy atom. The summed E-state index contributed by atoms with van der Waals surface area (Å²) in [5.41, 5.74) is 6.00. The third-order valence-corrected chi connectivity index (χ3v) is 2.44. The van der Waals surface area contributed by atoms with Crippen LogP contribution in [0.5, 0.6) is 5.75 Å². The topological polar surface area (TPSA) is 107 Å². The van der Waals surface area contributed by atoms with Crippen LogP contribution in [0, 0.1) is 10.1 Å². The first-order valence-electron chi connectivity index (χ1n) is 5.77. The number of carbonyl (C=O) groups excluding carboxylic acids is 1. The van der Waals surface area contributed by atoms with Gasteiger partial charge in [0.25, 0.3) is 0 Å². The molecule has 1 unspecified atom stereocenters. The average molecular weight is 267 g/mol. The number of methoxy groups -OCH3 is 1. The van der Waals surface area contributed by atoms with Crippen LogP contribution in [0.2, 0.25) is 0 Å². The molecule has 1 aromatic rings. The second-order valence-electron chi connectivity index (χ2n) is 4.22. The summed E-state index contributed by atoms with van der Waals surface area (Å²) in [5.74, 6) is 0.00382. The van der Waals surface area contributed by atoms with Crippen LogP contribution in [0.25, 0.3) is 0 Å². The maximum Gasteiger partial charge on any atom is 0.311 e. The van der Waals surface area contributed by atoms with E-state index in [-0.39, 0.29) is 36.4 Å². The Morgan fingerprint density at radius 2 is 2.26 bits per heavy atom. The molecule has 7 nitrogen and oxygen atoms in total. The first kappa shape index (κ1) is 14.9. The van der Waals surface area contributed by atoms with E-state index in [0.717, 1.165) is 0 Å². The number of nitro groups is 1. The van der Waals surface area contributed by atoms with E-state index >= 15 is 0 Å². The highest BCUT2D eigenvalue weighted by molar-refractivity contribution is 5.76. The molecule has 1 aromatic carbocycles. The van der Waals surface area contributed by atoms with Crippen LogP contribution in [-0.2, 0) is 11.3 Å². The summed E-state index contributed by atoms with van der Waals surface area (Å²) in [7, 11) is 1.37. The zero-order valence-electron chi connectivity index (χ0n) is 10.9. The number of rotatable bonds is 6.